The summed E-state index contributed by atoms with van der Waals surface area (Å²) >= 11 is 0. The molecule has 1 fully saturated rings. The molecule has 2 aromatic carbocycles. The molecule has 1 aliphatic heterocycles. The van der Waals surface area contributed by atoms with Crippen LogP contribution in [0.15, 0.2) is 42.5 Å². The zero-order valence-corrected chi connectivity index (χ0v) is 18.5. The van der Waals surface area contributed by atoms with Crippen molar-refractivity contribution in [3.63, 3.8) is 0 Å². The van der Waals surface area contributed by atoms with Crippen LogP contribution < -0.4 is 10.1 Å². The molecule has 6 heteroatoms. The number of benzene rings is 2. The molecule has 0 saturated carbocycles. The standard InChI is InChI=1S/C25H31FN2O3/c1-4-5-14-28-23(29)13-12-20(24(28)19-8-6-7-9-22(19)31-3)25(30)27-16-18-11-10-17(2)21(26)15-18/h6-11,15,20,24H,4-5,12-14,16H2,1-3H3,(H,27,30). The Morgan fingerprint density at radius 3 is 2.74 bits per heavy atom. The summed E-state index contributed by atoms with van der Waals surface area (Å²) in [7, 11) is 1.60. The van der Waals surface area contributed by atoms with Crippen LogP contribution in [0, 0.1) is 18.7 Å². The molecule has 1 aliphatic rings. The van der Waals surface area contributed by atoms with Crippen molar-refractivity contribution in [3.8, 4) is 5.75 Å². The number of piperidine rings is 1. The van der Waals surface area contributed by atoms with Crippen LogP contribution >= 0.6 is 0 Å². The van der Waals surface area contributed by atoms with Crippen molar-refractivity contribution >= 4 is 11.8 Å². The summed E-state index contributed by atoms with van der Waals surface area (Å²) in [5.74, 6) is -0.0872. The van der Waals surface area contributed by atoms with E-state index in [9.17, 15) is 14.0 Å². The lowest BCUT2D eigenvalue weighted by Crippen LogP contribution is -2.48. The van der Waals surface area contributed by atoms with E-state index >= 15 is 0 Å². The van der Waals surface area contributed by atoms with E-state index in [0.29, 0.717) is 36.3 Å². The van der Waals surface area contributed by atoms with Gasteiger partial charge in [0.1, 0.15) is 11.6 Å². The molecule has 5 nitrogen and oxygen atoms in total. The first-order valence-electron chi connectivity index (χ1n) is 10.9. The Balaban J connectivity index is 1.86. The number of nitrogens with zero attached hydrogens (tertiary/aromatic N) is 1. The number of aryl methyl sites for hydroxylation is 1. The van der Waals surface area contributed by atoms with Gasteiger partial charge < -0.3 is 15.0 Å². The molecule has 0 bridgehead atoms. The minimum absolute atomic E-state index is 0.0639. The van der Waals surface area contributed by atoms with Crippen molar-refractivity contribution in [2.24, 2.45) is 5.92 Å². The van der Waals surface area contributed by atoms with Gasteiger partial charge in [-0.05, 0) is 43.0 Å². The summed E-state index contributed by atoms with van der Waals surface area (Å²) < 4.78 is 19.4. The number of ether oxygens (including phenoxy) is 1. The molecule has 0 spiro atoms. The van der Waals surface area contributed by atoms with Gasteiger partial charge in [0.2, 0.25) is 11.8 Å². The van der Waals surface area contributed by atoms with Crippen LogP contribution in [0.1, 0.15) is 55.3 Å². The van der Waals surface area contributed by atoms with Gasteiger partial charge in [-0.15, -0.1) is 0 Å². The molecule has 1 saturated heterocycles. The molecule has 0 aliphatic carbocycles. The molecule has 1 heterocycles. The van der Waals surface area contributed by atoms with Crippen molar-refractivity contribution in [1.82, 2.24) is 10.2 Å². The maximum absolute atomic E-state index is 13.9. The van der Waals surface area contributed by atoms with Gasteiger partial charge in [-0.3, -0.25) is 9.59 Å². The average molecular weight is 427 g/mol. The zero-order chi connectivity index (χ0) is 22.4. The molecule has 2 unspecified atom stereocenters. The lowest BCUT2D eigenvalue weighted by Gasteiger charge is -2.41. The summed E-state index contributed by atoms with van der Waals surface area (Å²) in [4.78, 5) is 27.9. The van der Waals surface area contributed by atoms with Gasteiger partial charge in [0.05, 0.1) is 19.1 Å². The van der Waals surface area contributed by atoms with Gasteiger partial charge >= 0.3 is 0 Å². The second-order valence-corrected chi connectivity index (χ2v) is 8.07. The fourth-order valence-corrected chi connectivity index (χ4v) is 4.18. The average Bonchev–Trinajstić information content (AvgIpc) is 2.78. The molecule has 3 rings (SSSR count). The van der Waals surface area contributed by atoms with Crippen molar-refractivity contribution < 1.29 is 18.7 Å². The Bertz CT molecular complexity index is 931. The van der Waals surface area contributed by atoms with Crippen molar-refractivity contribution in [1.29, 1.82) is 0 Å². The number of methoxy groups -OCH3 is 1. The van der Waals surface area contributed by atoms with E-state index in [1.165, 1.54) is 6.07 Å². The predicted octanol–water partition coefficient (Wildman–Crippen LogP) is 4.54. The molecule has 166 valence electrons. The number of carbonyl (C=O) groups excluding carboxylic acids is 2. The Morgan fingerprint density at radius 2 is 2.03 bits per heavy atom. The number of unbranched alkanes of at least 4 members (excludes halogenated alkanes) is 1. The number of halogens is 1. The third-order valence-electron chi connectivity index (χ3n) is 5.96. The van der Waals surface area contributed by atoms with Gasteiger partial charge in [-0.2, -0.15) is 0 Å². The largest absolute Gasteiger partial charge is 0.496 e. The highest BCUT2D eigenvalue weighted by atomic mass is 19.1. The molecule has 2 atom stereocenters. The molecule has 0 aromatic heterocycles. The fraction of sp³-hybridized carbons (Fsp3) is 0.440. The van der Waals surface area contributed by atoms with Crippen LogP contribution in [0.25, 0.3) is 0 Å². The quantitative estimate of drug-likeness (QED) is 0.674. The second-order valence-electron chi connectivity index (χ2n) is 8.07. The molecule has 31 heavy (non-hydrogen) atoms. The third-order valence-corrected chi connectivity index (χ3v) is 5.96. The van der Waals surface area contributed by atoms with E-state index in [4.69, 9.17) is 4.74 Å². The van der Waals surface area contributed by atoms with Crippen LogP contribution in [0.3, 0.4) is 0 Å². The number of para-hydroxylation sites is 1. The maximum Gasteiger partial charge on any atom is 0.225 e. The Labute approximate surface area is 183 Å². The number of nitrogens with one attached hydrogen (secondary N) is 1. The van der Waals surface area contributed by atoms with E-state index in [1.807, 2.05) is 35.2 Å². The van der Waals surface area contributed by atoms with E-state index in [-0.39, 0.29) is 24.2 Å². The first kappa shape index (κ1) is 22.8. The summed E-state index contributed by atoms with van der Waals surface area (Å²) in [6.45, 7) is 4.63. The zero-order valence-electron chi connectivity index (χ0n) is 18.5. The molecular formula is C25H31FN2O3. The number of rotatable bonds is 8. The molecule has 2 amide bonds. The minimum atomic E-state index is -0.402. The van der Waals surface area contributed by atoms with E-state index in [2.05, 4.69) is 12.2 Å². The van der Waals surface area contributed by atoms with Gasteiger partial charge in [0, 0.05) is 25.1 Å². The number of carbonyl (C=O) groups is 2. The highest BCUT2D eigenvalue weighted by molar-refractivity contribution is 5.85. The van der Waals surface area contributed by atoms with Crippen LogP contribution in [0.2, 0.25) is 0 Å². The van der Waals surface area contributed by atoms with E-state index in [1.54, 1.807) is 20.1 Å². The van der Waals surface area contributed by atoms with Crippen molar-refractivity contribution in [3.05, 3.63) is 65.0 Å². The maximum atomic E-state index is 13.9. The smallest absolute Gasteiger partial charge is 0.225 e. The lowest BCUT2D eigenvalue weighted by molar-refractivity contribution is -0.143. The highest BCUT2D eigenvalue weighted by Gasteiger charge is 2.41. The molecule has 1 N–H and O–H groups in total. The normalized spacial score (nSPS) is 18.7. The first-order valence-corrected chi connectivity index (χ1v) is 10.9. The monoisotopic (exact) mass is 426 g/mol. The third kappa shape index (κ3) is 5.24. The Hall–Kier alpha value is -2.89. The Kier molecular flexibility index (Phi) is 7.66. The van der Waals surface area contributed by atoms with Crippen LogP contribution in [-0.4, -0.2) is 30.4 Å². The van der Waals surface area contributed by atoms with Gasteiger partial charge in [-0.25, -0.2) is 4.39 Å². The molecular weight excluding hydrogens is 395 g/mol. The van der Waals surface area contributed by atoms with Gasteiger partial charge in [-0.1, -0.05) is 43.7 Å². The lowest BCUT2D eigenvalue weighted by atomic mass is 9.83. The Morgan fingerprint density at radius 1 is 1.26 bits per heavy atom. The van der Waals surface area contributed by atoms with Crippen molar-refractivity contribution in [2.75, 3.05) is 13.7 Å². The summed E-state index contributed by atoms with van der Waals surface area (Å²) in [6.07, 6.45) is 2.64. The number of hydrogen-bond donors (Lipinski definition) is 1. The van der Waals surface area contributed by atoms with Crippen LogP contribution in [-0.2, 0) is 16.1 Å². The van der Waals surface area contributed by atoms with Crippen molar-refractivity contribution in [2.45, 2.75) is 52.1 Å². The SMILES string of the molecule is CCCCN1C(=O)CCC(C(=O)NCc2ccc(C)c(F)c2)C1c1ccccc1OC. The summed E-state index contributed by atoms with van der Waals surface area (Å²) in [5, 5.41) is 2.96. The highest BCUT2D eigenvalue weighted by Crippen LogP contribution is 2.40. The van der Waals surface area contributed by atoms with Gasteiger partial charge in [0.25, 0.3) is 0 Å². The van der Waals surface area contributed by atoms with Gasteiger partial charge in [0.15, 0.2) is 0 Å². The predicted molar refractivity (Wildman–Crippen MR) is 118 cm³/mol. The number of likely N-dealkylation sites (tertiary alicyclic amines) is 1. The molecule has 0 radical (unpaired) electrons. The van der Waals surface area contributed by atoms with E-state index < -0.39 is 12.0 Å². The topological polar surface area (TPSA) is 58.6 Å². The first-order chi connectivity index (χ1) is 15.0. The van der Waals surface area contributed by atoms with Crippen LogP contribution in [0.4, 0.5) is 4.39 Å². The van der Waals surface area contributed by atoms with Crippen LogP contribution in [0.5, 0.6) is 5.75 Å². The molecule has 2 aromatic rings. The number of amides is 2. The minimum Gasteiger partial charge on any atom is -0.496 e. The second kappa shape index (κ2) is 10.4. The fourth-order valence-electron chi connectivity index (χ4n) is 4.18. The van der Waals surface area contributed by atoms with E-state index in [0.717, 1.165) is 18.4 Å². The summed E-state index contributed by atoms with van der Waals surface area (Å²) in [5.41, 5.74) is 2.12. The summed E-state index contributed by atoms with van der Waals surface area (Å²) in [6, 6.07) is 12.1. The number of hydrogen-bond acceptors (Lipinski definition) is 3.